The highest BCUT2D eigenvalue weighted by atomic mass is 32.2. The van der Waals surface area contributed by atoms with Gasteiger partial charge in [0, 0.05) is 0 Å². The van der Waals surface area contributed by atoms with Crippen molar-refractivity contribution in [3.05, 3.63) is 29.8 Å². The summed E-state index contributed by atoms with van der Waals surface area (Å²) in [5.74, 6) is 0. The Labute approximate surface area is 160 Å². The largest absolute Gasteiger partial charge is 0.373 e. The molecule has 5 heteroatoms. The zero-order valence-corrected chi connectivity index (χ0v) is 17.3. The van der Waals surface area contributed by atoms with Gasteiger partial charge in [0.25, 0.3) is 10.1 Å². The van der Waals surface area contributed by atoms with Crippen LogP contribution in [0.3, 0.4) is 0 Å². The Morgan fingerprint density at radius 3 is 1.88 bits per heavy atom. The molecule has 0 saturated carbocycles. The molecule has 1 unspecified atom stereocenters. The first kappa shape index (κ1) is 23.1. The number of hydrogen-bond donors (Lipinski definition) is 1. The van der Waals surface area contributed by atoms with E-state index in [1.165, 1.54) is 57.4 Å². The summed E-state index contributed by atoms with van der Waals surface area (Å²) in [7, 11) is -4.10. The average molecular weight is 385 g/mol. The van der Waals surface area contributed by atoms with Gasteiger partial charge in [0.05, 0.1) is 17.6 Å². The Balaban J connectivity index is 0.000000739. The van der Waals surface area contributed by atoms with Gasteiger partial charge in [0.2, 0.25) is 0 Å². The molecule has 1 aliphatic rings. The third-order valence-corrected chi connectivity index (χ3v) is 5.50. The number of aryl methyl sites for hydroxylation is 1. The van der Waals surface area contributed by atoms with E-state index in [4.69, 9.17) is 4.74 Å². The van der Waals surface area contributed by atoms with Gasteiger partial charge < -0.3 is 4.74 Å². The van der Waals surface area contributed by atoms with Crippen LogP contribution < -0.4 is 0 Å². The van der Waals surface area contributed by atoms with Crippen LogP contribution in [0.25, 0.3) is 0 Å². The molecular formula is C21H36O4S. The quantitative estimate of drug-likeness (QED) is 0.281. The molecule has 0 amide bonds. The lowest BCUT2D eigenvalue weighted by molar-refractivity contribution is 0.423. The van der Waals surface area contributed by atoms with Gasteiger partial charge in [-0.25, -0.2) is 0 Å². The molecule has 1 fully saturated rings. The number of epoxide rings is 1. The molecule has 1 aromatic carbocycles. The van der Waals surface area contributed by atoms with Crippen molar-refractivity contribution in [3.8, 4) is 0 Å². The van der Waals surface area contributed by atoms with Gasteiger partial charge in [0.15, 0.2) is 0 Å². The zero-order valence-electron chi connectivity index (χ0n) is 16.5. The molecule has 1 saturated heterocycles. The van der Waals surface area contributed by atoms with Crippen molar-refractivity contribution in [1.29, 1.82) is 0 Å². The van der Waals surface area contributed by atoms with Crippen LogP contribution in [-0.2, 0) is 21.3 Å². The summed E-state index contributed by atoms with van der Waals surface area (Å²) in [5, 5.41) is 0. The Bertz CT molecular complexity index is 579. The highest BCUT2D eigenvalue weighted by molar-refractivity contribution is 7.85. The first-order valence-electron chi connectivity index (χ1n) is 10.1. The molecule has 0 radical (unpaired) electrons. The summed E-state index contributed by atoms with van der Waals surface area (Å²) in [4.78, 5) is 0.0610. The maximum absolute atomic E-state index is 11.3. The second-order valence-corrected chi connectivity index (χ2v) is 8.55. The van der Waals surface area contributed by atoms with E-state index >= 15 is 0 Å². The van der Waals surface area contributed by atoms with Crippen LogP contribution in [0.15, 0.2) is 29.2 Å². The molecule has 1 aliphatic heterocycles. The highest BCUT2D eigenvalue weighted by Crippen LogP contribution is 2.18. The van der Waals surface area contributed by atoms with Crippen molar-refractivity contribution < 1.29 is 17.7 Å². The van der Waals surface area contributed by atoms with E-state index in [2.05, 4.69) is 13.8 Å². The molecule has 26 heavy (non-hydrogen) atoms. The Kier molecular flexibility index (Phi) is 11.8. The molecule has 0 aliphatic carbocycles. The van der Waals surface area contributed by atoms with Gasteiger partial charge in [-0.3, -0.25) is 4.55 Å². The van der Waals surface area contributed by atoms with Gasteiger partial charge >= 0.3 is 0 Å². The molecule has 0 bridgehead atoms. The van der Waals surface area contributed by atoms with E-state index < -0.39 is 10.1 Å². The fourth-order valence-corrected chi connectivity index (χ4v) is 3.61. The van der Waals surface area contributed by atoms with Crippen LogP contribution in [0, 0.1) is 0 Å². The maximum atomic E-state index is 11.3. The summed E-state index contributed by atoms with van der Waals surface area (Å²) < 4.78 is 36.5. The summed E-state index contributed by atoms with van der Waals surface area (Å²) in [6, 6.07) is 6.73. The monoisotopic (exact) mass is 384 g/mol. The van der Waals surface area contributed by atoms with E-state index in [0.29, 0.717) is 12.5 Å². The maximum Gasteiger partial charge on any atom is 0.294 e. The van der Waals surface area contributed by atoms with Gasteiger partial charge in [-0.2, -0.15) is 8.42 Å². The second kappa shape index (κ2) is 13.3. The number of unbranched alkanes of at least 4 members (excludes halogenated alkanes) is 9. The zero-order chi connectivity index (χ0) is 19.3. The fraction of sp³-hybridized carbons (Fsp3) is 0.714. The minimum Gasteiger partial charge on any atom is -0.373 e. The molecule has 0 spiro atoms. The Morgan fingerprint density at radius 2 is 1.42 bits per heavy atom. The van der Waals surface area contributed by atoms with Gasteiger partial charge in [-0.05, 0) is 31.4 Å². The van der Waals surface area contributed by atoms with Crippen LogP contribution in [0.2, 0.25) is 0 Å². The smallest absolute Gasteiger partial charge is 0.294 e. The molecule has 4 nitrogen and oxygen atoms in total. The van der Waals surface area contributed by atoms with Crippen molar-refractivity contribution in [3.63, 3.8) is 0 Å². The van der Waals surface area contributed by atoms with E-state index in [9.17, 15) is 13.0 Å². The average Bonchev–Trinajstić information content (AvgIpc) is 3.39. The molecule has 0 aromatic heterocycles. The number of benzene rings is 1. The minimum absolute atomic E-state index is 0.0610. The van der Waals surface area contributed by atoms with E-state index in [1.807, 2.05) is 6.07 Å². The summed E-state index contributed by atoms with van der Waals surface area (Å²) in [5.41, 5.74) is 0.726. The molecule has 1 N–H and O–H groups in total. The SMILES string of the molecule is CC1CO1.CCCCCCCCCCCCc1ccccc1S(=O)(=O)O. The van der Waals surface area contributed by atoms with Crippen LogP contribution >= 0.6 is 0 Å². The fourth-order valence-electron chi connectivity index (χ4n) is 2.86. The number of ether oxygens (including phenoxy) is 1. The van der Waals surface area contributed by atoms with Crippen molar-refractivity contribution in [2.24, 2.45) is 0 Å². The topological polar surface area (TPSA) is 66.9 Å². The van der Waals surface area contributed by atoms with E-state index in [-0.39, 0.29) is 4.90 Å². The van der Waals surface area contributed by atoms with Gasteiger partial charge in [0.1, 0.15) is 0 Å². The Hall–Kier alpha value is -0.910. The summed E-state index contributed by atoms with van der Waals surface area (Å²) >= 11 is 0. The number of rotatable bonds is 12. The van der Waals surface area contributed by atoms with E-state index in [1.54, 1.807) is 12.1 Å². The second-order valence-electron chi connectivity index (χ2n) is 7.16. The predicted molar refractivity (Wildman–Crippen MR) is 107 cm³/mol. The van der Waals surface area contributed by atoms with Crippen molar-refractivity contribution in [1.82, 2.24) is 0 Å². The van der Waals surface area contributed by atoms with Crippen molar-refractivity contribution >= 4 is 10.1 Å². The summed E-state index contributed by atoms with van der Waals surface area (Å²) in [6.45, 7) is 5.28. The standard InChI is InChI=1S/C18H30O3S.C3H6O/c1-2-3-4-5-6-7-8-9-10-11-14-17-15-12-13-16-18(17)22(19,20)21;1-3-2-4-3/h12-13,15-16H,2-11,14H2,1H3,(H,19,20,21);3H,2H2,1H3. The Morgan fingerprint density at radius 1 is 0.962 bits per heavy atom. The highest BCUT2D eigenvalue weighted by Gasteiger charge is 2.14. The molecule has 2 rings (SSSR count). The lowest BCUT2D eigenvalue weighted by Crippen LogP contribution is -2.03. The van der Waals surface area contributed by atoms with Crippen molar-refractivity contribution in [2.45, 2.75) is 95.5 Å². The lowest BCUT2D eigenvalue weighted by Gasteiger charge is -2.07. The lowest BCUT2D eigenvalue weighted by atomic mass is 10.0. The predicted octanol–water partition coefficient (Wildman–Crippen LogP) is 5.80. The molecule has 150 valence electrons. The first-order valence-corrected chi connectivity index (χ1v) is 11.6. The van der Waals surface area contributed by atoms with Gasteiger partial charge in [-0.1, -0.05) is 82.9 Å². The van der Waals surface area contributed by atoms with Crippen LogP contribution in [0.1, 0.15) is 83.6 Å². The molecular weight excluding hydrogens is 348 g/mol. The molecule has 1 atom stereocenters. The van der Waals surface area contributed by atoms with Crippen LogP contribution in [0.5, 0.6) is 0 Å². The molecule has 1 heterocycles. The first-order chi connectivity index (χ1) is 12.4. The normalized spacial score (nSPS) is 16.0. The third kappa shape index (κ3) is 11.7. The van der Waals surface area contributed by atoms with Crippen LogP contribution in [0.4, 0.5) is 0 Å². The van der Waals surface area contributed by atoms with Crippen LogP contribution in [-0.4, -0.2) is 25.7 Å². The number of hydrogen-bond acceptors (Lipinski definition) is 3. The van der Waals surface area contributed by atoms with Gasteiger partial charge in [-0.15, -0.1) is 0 Å². The molecule has 1 aromatic rings. The van der Waals surface area contributed by atoms with E-state index in [0.717, 1.165) is 25.0 Å². The minimum atomic E-state index is -4.10. The third-order valence-electron chi connectivity index (χ3n) is 4.55. The summed E-state index contributed by atoms with van der Waals surface area (Å²) in [6.07, 6.45) is 13.9. The van der Waals surface area contributed by atoms with Crippen molar-refractivity contribution in [2.75, 3.05) is 6.61 Å².